The summed E-state index contributed by atoms with van der Waals surface area (Å²) < 4.78 is 10.5. The maximum Gasteiger partial charge on any atom is 0.414 e. The molecule has 31 heteroatoms. The topological polar surface area (TPSA) is 460 Å². The van der Waals surface area contributed by atoms with Gasteiger partial charge in [-0.25, -0.2) is 38.4 Å². The van der Waals surface area contributed by atoms with Crippen LogP contribution < -0.4 is 29.9 Å². The molecule has 0 aromatic heterocycles. The van der Waals surface area contributed by atoms with Gasteiger partial charge >= 0.3 is 47.8 Å². The third-order valence-corrected chi connectivity index (χ3v) is 13.4. The number of carboxylic acid groups (broad SMARTS) is 8. The largest absolute Gasteiger partial charge is 0.497 e. The van der Waals surface area contributed by atoms with Crippen molar-refractivity contribution in [1.29, 1.82) is 0 Å². The van der Waals surface area contributed by atoms with Crippen molar-refractivity contribution in [3.05, 3.63) is 108 Å². The van der Waals surface area contributed by atoms with E-state index in [1.807, 2.05) is 96.4 Å². The number of aliphatic carboxylic acids is 8. The first-order chi connectivity index (χ1) is 43.3. The maximum atomic E-state index is 12.7. The Bertz CT molecular complexity index is 2730. The number of rotatable bonds is 20. The van der Waals surface area contributed by atoms with E-state index in [-0.39, 0.29) is 41.2 Å². The normalized spacial score (nSPS) is 13.2. The molecule has 93 heavy (non-hydrogen) atoms. The van der Waals surface area contributed by atoms with Crippen LogP contribution in [0.5, 0.6) is 11.5 Å². The summed E-state index contributed by atoms with van der Waals surface area (Å²) in [5, 5.41) is 64.7. The van der Waals surface area contributed by atoms with Crippen LogP contribution in [0, 0.1) is 0 Å². The van der Waals surface area contributed by atoms with E-state index < -0.39 is 47.8 Å². The van der Waals surface area contributed by atoms with E-state index in [1.165, 1.54) is 25.0 Å². The van der Waals surface area contributed by atoms with Crippen LogP contribution in [0.3, 0.4) is 0 Å². The Morgan fingerprint density at radius 2 is 0.645 bits per heavy atom. The molecule has 4 aromatic rings. The van der Waals surface area contributed by atoms with Crippen molar-refractivity contribution >= 4 is 94.1 Å². The second-order valence-corrected chi connectivity index (χ2v) is 20.3. The summed E-state index contributed by atoms with van der Waals surface area (Å²) in [4.78, 5) is 134. The Morgan fingerprint density at radius 1 is 0.409 bits per heavy atom. The molecule has 2 atom stereocenters. The van der Waals surface area contributed by atoms with E-state index in [2.05, 4.69) is 68.3 Å². The Labute approximate surface area is 537 Å². The fourth-order valence-corrected chi connectivity index (χ4v) is 8.91. The molecule has 6 rings (SSSR count). The van der Waals surface area contributed by atoms with Gasteiger partial charge in [-0.3, -0.25) is 29.0 Å². The SMILES string of the molecule is CCC(=O)N(c1ccc(OC)cc1)C(C)CN1CCN(CCc2ccc(NC(C)=O)cc2)CC1.CCC(=O)N(c1ccc(OC)cc1)C(C)CN1CCN(CCc2ccc(NC(C)=O)cc2)CC1.O.O=C(O)C(=O)O.O=C(O)C(=O)O.O=C(O)C(=O)O.O=C(O)C(=O)O. The molecule has 2 fully saturated rings. The first-order valence-electron chi connectivity index (χ1n) is 28.8. The monoisotopic (exact) mass is 1310 g/mol. The van der Waals surface area contributed by atoms with Gasteiger partial charge in [-0.15, -0.1) is 0 Å². The van der Waals surface area contributed by atoms with Crippen molar-refractivity contribution in [3.8, 4) is 11.5 Å². The predicted molar refractivity (Wildman–Crippen MR) is 340 cm³/mol. The molecule has 0 aliphatic carbocycles. The summed E-state index contributed by atoms with van der Waals surface area (Å²) in [6, 6.07) is 31.8. The highest BCUT2D eigenvalue weighted by atomic mass is 16.5. The van der Waals surface area contributed by atoms with Crippen molar-refractivity contribution in [3.63, 3.8) is 0 Å². The Balaban J connectivity index is 0.00000133. The molecule has 2 saturated heterocycles. The Morgan fingerprint density at radius 3 is 0.849 bits per heavy atom. The van der Waals surface area contributed by atoms with Gasteiger partial charge in [-0.2, -0.15) is 0 Å². The average Bonchev–Trinajstić information content (AvgIpc) is 0.877. The Kier molecular flexibility index (Phi) is 39.6. The van der Waals surface area contributed by atoms with Crippen molar-refractivity contribution in [1.82, 2.24) is 19.6 Å². The number of amides is 4. The summed E-state index contributed by atoms with van der Waals surface area (Å²) in [6.07, 6.45) is 2.95. The fourth-order valence-electron chi connectivity index (χ4n) is 8.91. The molecule has 2 aliphatic heterocycles. The van der Waals surface area contributed by atoms with Crippen molar-refractivity contribution in [2.75, 3.05) is 113 Å². The highest BCUT2D eigenvalue weighted by Gasteiger charge is 2.27. The van der Waals surface area contributed by atoms with Crippen molar-refractivity contribution in [2.24, 2.45) is 0 Å². The van der Waals surface area contributed by atoms with Gasteiger partial charge in [0, 0.05) is 140 Å². The number of carbonyl (C=O) groups excluding carboxylic acids is 4. The molecule has 0 radical (unpaired) electrons. The number of hydrogen-bond acceptors (Lipinski definition) is 18. The number of nitrogens with zero attached hydrogens (tertiary/aromatic N) is 6. The quantitative estimate of drug-likeness (QED) is 0.0568. The van der Waals surface area contributed by atoms with E-state index >= 15 is 0 Å². The van der Waals surface area contributed by atoms with E-state index in [4.69, 9.17) is 88.7 Å². The number of benzene rings is 4. The molecule has 31 nitrogen and oxygen atoms in total. The van der Waals surface area contributed by atoms with Gasteiger partial charge in [-0.05, 0) is 111 Å². The summed E-state index contributed by atoms with van der Waals surface area (Å²) in [7, 11) is 3.30. The minimum Gasteiger partial charge on any atom is -0.497 e. The highest BCUT2D eigenvalue weighted by Crippen LogP contribution is 2.25. The van der Waals surface area contributed by atoms with Gasteiger partial charge in [0.1, 0.15) is 11.5 Å². The smallest absolute Gasteiger partial charge is 0.414 e. The molecule has 0 saturated carbocycles. The molecule has 0 spiro atoms. The zero-order chi connectivity index (χ0) is 69.6. The number of piperazine rings is 2. The van der Waals surface area contributed by atoms with Crippen LogP contribution in [0.1, 0.15) is 65.5 Å². The van der Waals surface area contributed by atoms with Crippen LogP contribution in [0.15, 0.2) is 97.1 Å². The predicted octanol–water partition coefficient (Wildman–Crippen LogP) is 3.09. The lowest BCUT2D eigenvalue weighted by Gasteiger charge is -2.38. The molecule has 4 amide bonds. The molecule has 12 N–H and O–H groups in total. The zero-order valence-corrected chi connectivity index (χ0v) is 53.2. The second kappa shape index (κ2) is 44.4. The summed E-state index contributed by atoms with van der Waals surface area (Å²) in [6.45, 7) is 23.0. The van der Waals surface area contributed by atoms with Gasteiger partial charge in [0.25, 0.3) is 0 Å². The van der Waals surface area contributed by atoms with E-state index in [9.17, 15) is 19.2 Å². The summed E-state index contributed by atoms with van der Waals surface area (Å²) >= 11 is 0. The molecular formula is C62H86N8O23. The number of ether oxygens (including phenoxy) is 2. The van der Waals surface area contributed by atoms with Crippen molar-refractivity contribution < 1.29 is 113 Å². The van der Waals surface area contributed by atoms with Crippen LogP contribution in [-0.2, 0) is 70.4 Å². The highest BCUT2D eigenvalue weighted by molar-refractivity contribution is 6.28. The standard InChI is InChI=1S/2C27H38N4O3.4C2H2O4.H2O/c2*1-5-27(33)31(25-10-12-26(34-4)13-11-25)21(2)20-30-18-16-29(17-19-30)15-14-23-6-8-24(9-7-23)28-22(3)32;4*3-1(4)2(5)6;/h2*6-13,21H,5,14-20H2,1-4H3,(H,28,32);4*(H,3,4)(H,5,6);1H2. The third-order valence-electron chi connectivity index (χ3n) is 13.4. The van der Waals surface area contributed by atoms with E-state index in [0.717, 1.165) is 126 Å². The van der Waals surface area contributed by atoms with Crippen LogP contribution in [0.4, 0.5) is 22.7 Å². The minimum atomic E-state index is -1.82. The second-order valence-electron chi connectivity index (χ2n) is 20.3. The van der Waals surface area contributed by atoms with Crippen LogP contribution in [0.2, 0.25) is 0 Å². The number of anilines is 4. The lowest BCUT2D eigenvalue weighted by Crippen LogP contribution is -2.52. The number of carbonyl (C=O) groups is 12. The number of nitrogens with one attached hydrogen (secondary N) is 2. The average molecular weight is 1310 g/mol. The lowest BCUT2D eigenvalue weighted by molar-refractivity contribution is -0.159. The molecule has 0 bridgehead atoms. The van der Waals surface area contributed by atoms with Gasteiger partial charge in [-0.1, -0.05) is 38.1 Å². The number of methoxy groups -OCH3 is 2. The summed E-state index contributed by atoms with van der Waals surface area (Å²) in [5.74, 6) is -12.8. The molecule has 512 valence electrons. The van der Waals surface area contributed by atoms with Gasteiger partial charge in [0.2, 0.25) is 23.6 Å². The first kappa shape index (κ1) is 82.9. The number of hydrogen-bond donors (Lipinski definition) is 10. The first-order valence-corrected chi connectivity index (χ1v) is 28.8. The fraction of sp³-hybridized carbons (Fsp3) is 0.419. The molecule has 2 heterocycles. The minimum absolute atomic E-state index is 0. The van der Waals surface area contributed by atoms with Crippen molar-refractivity contribution in [2.45, 2.75) is 79.3 Å². The van der Waals surface area contributed by atoms with Crippen LogP contribution in [0.25, 0.3) is 0 Å². The Hall–Kier alpha value is -10.1. The van der Waals surface area contributed by atoms with Gasteiger partial charge < -0.3 is 86.0 Å². The lowest BCUT2D eigenvalue weighted by atomic mass is 10.1. The van der Waals surface area contributed by atoms with Gasteiger partial charge in [0.05, 0.1) is 14.2 Å². The molecule has 2 aliphatic rings. The van der Waals surface area contributed by atoms with Crippen LogP contribution in [-0.4, -0.2) is 242 Å². The summed E-state index contributed by atoms with van der Waals surface area (Å²) in [5.41, 5.74) is 6.07. The zero-order valence-electron chi connectivity index (χ0n) is 53.2. The maximum absolute atomic E-state index is 12.7. The molecule has 4 aromatic carbocycles. The third kappa shape index (κ3) is 34.1. The van der Waals surface area contributed by atoms with E-state index in [1.54, 1.807) is 14.2 Å². The van der Waals surface area contributed by atoms with Crippen LogP contribution >= 0.6 is 0 Å². The molecular weight excluding hydrogens is 1220 g/mol. The van der Waals surface area contributed by atoms with E-state index in [0.29, 0.717) is 12.8 Å². The number of carboxylic acids is 8. The molecule has 2 unspecified atom stereocenters. The van der Waals surface area contributed by atoms with Gasteiger partial charge in [0.15, 0.2) is 0 Å².